The van der Waals surface area contributed by atoms with Gasteiger partial charge in [0.25, 0.3) is 15.9 Å². The van der Waals surface area contributed by atoms with Crippen molar-refractivity contribution < 1.29 is 36.3 Å². The Balaban J connectivity index is 1.92. The minimum Gasteiger partial charge on any atom is -0.478 e. The zero-order valence-corrected chi connectivity index (χ0v) is 19.5. The first-order valence-corrected chi connectivity index (χ1v) is 11.7. The van der Waals surface area contributed by atoms with Crippen molar-refractivity contribution in [3.8, 4) is 0 Å². The lowest BCUT2D eigenvalue weighted by atomic mass is 10.1. The predicted molar refractivity (Wildman–Crippen MR) is 126 cm³/mol. The summed E-state index contributed by atoms with van der Waals surface area (Å²) in [5, 5.41) is 12.9. The normalized spacial score (nSPS) is 11.9. The Morgan fingerprint density at radius 3 is 2.33 bits per heavy atom. The highest BCUT2D eigenvalue weighted by Gasteiger charge is 2.33. The van der Waals surface area contributed by atoms with Gasteiger partial charge in [-0.1, -0.05) is 42.0 Å². The molecule has 0 spiro atoms. The van der Waals surface area contributed by atoms with Crippen molar-refractivity contribution in [3.05, 3.63) is 95.1 Å². The summed E-state index contributed by atoms with van der Waals surface area (Å²) in [4.78, 5) is 23.6. The van der Waals surface area contributed by atoms with Crippen LogP contribution in [0.4, 0.5) is 18.9 Å². The van der Waals surface area contributed by atoms with Crippen LogP contribution in [0.25, 0.3) is 0 Å². The second-order valence-electron chi connectivity index (χ2n) is 7.56. The van der Waals surface area contributed by atoms with Gasteiger partial charge in [-0.3, -0.25) is 9.10 Å². The molecule has 3 aromatic rings. The fourth-order valence-electron chi connectivity index (χ4n) is 3.13. The highest BCUT2D eigenvalue weighted by Crippen LogP contribution is 2.33. The number of aromatic carboxylic acids is 1. The van der Waals surface area contributed by atoms with Gasteiger partial charge in [0.1, 0.15) is 6.54 Å². The van der Waals surface area contributed by atoms with Crippen LogP contribution in [-0.2, 0) is 21.0 Å². The number of aryl methyl sites for hydroxylation is 1. The van der Waals surface area contributed by atoms with Crippen molar-refractivity contribution in [2.45, 2.75) is 18.0 Å². The molecule has 0 heterocycles. The van der Waals surface area contributed by atoms with Crippen LogP contribution < -0.4 is 9.73 Å². The van der Waals surface area contributed by atoms with Crippen molar-refractivity contribution in [1.82, 2.24) is 5.43 Å². The minimum absolute atomic E-state index is 0.0805. The van der Waals surface area contributed by atoms with Crippen molar-refractivity contribution in [2.75, 3.05) is 10.8 Å². The Morgan fingerprint density at radius 1 is 1.03 bits per heavy atom. The van der Waals surface area contributed by atoms with Gasteiger partial charge in [-0.05, 0) is 43.3 Å². The largest absolute Gasteiger partial charge is 0.478 e. The number of rotatable bonds is 8. The third-order valence-corrected chi connectivity index (χ3v) is 6.73. The number of benzene rings is 3. The van der Waals surface area contributed by atoms with E-state index >= 15 is 0 Å². The average molecular weight is 520 g/mol. The molecule has 2 N–H and O–H groups in total. The number of carbonyl (C=O) groups is 2. The molecule has 36 heavy (non-hydrogen) atoms. The van der Waals surface area contributed by atoms with Crippen LogP contribution in [0.2, 0.25) is 0 Å². The molecule has 0 saturated heterocycles. The SMILES string of the molecule is Cc1ccc(S(=O)(=O)N(CC(=O)N/N=C\c2ccccc2C(=O)O)c2cccc(C(F)(F)F)c2)cc1. The highest BCUT2D eigenvalue weighted by molar-refractivity contribution is 7.92. The molecule has 0 unspecified atom stereocenters. The summed E-state index contributed by atoms with van der Waals surface area (Å²) >= 11 is 0. The molecule has 3 aromatic carbocycles. The number of halogens is 3. The third-order valence-electron chi connectivity index (χ3n) is 4.94. The maximum Gasteiger partial charge on any atom is 0.416 e. The van der Waals surface area contributed by atoms with E-state index in [9.17, 15) is 36.3 Å². The van der Waals surface area contributed by atoms with Crippen LogP contribution in [0.15, 0.2) is 82.8 Å². The molecule has 12 heteroatoms. The molecule has 0 saturated carbocycles. The van der Waals surface area contributed by atoms with Gasteiger partial charge in [-0.15, -0.1) is 0 Å². The fourth-order valence-corrected chi connectivity index (χ4v) is 4.55. The molecule has 0 fully saturated rings. The smallest absolute Gasteiger partial charge is 0.416 e. The molecule has 0 aliphatic heterocycles. The first kappa shape index (κ1) is 26.4. The van der Waals surface area contributed by atoms with Crippen LogP contribution in [0.3, 0.4) is 0 Å². The zero-order valence-electron chi connectivity index (χ0n) is 18.7. The lowest BCUT2D eigenvalue weighted by molar-refractivity contribution is -0.137. The van der Waals surface area contributed by atoms with Gasteiger partial charge < -0.3 is 5.11 Å². The highest BCUT2D eigenvalue weighted by atomic mass is 32.2. The number of carbonyl (C=O) groups excluding carboxylic acids is 1. The molecular weight excluding hydrogens is 499 g/mol. The second-order valence-corrected chi connectivity index (χ2v) is 9.42. The maximum absolute atomic E-state index is 13.3. The lowest BCUT2D eigenvalue weighted by Crippen LogP contribution is -2.39. The molecular formula is C24H20F3N3O5S. The summed E-state index contributed by atoms with van der Waals surface area (Å²) in [7, 11) is -4.45. The third kappa shape index (κ3) is 6.27. The van der Waals surface area contributed by atoms with E-state index in [0.29, 0.717) is 10.4 Å². The first-order chi connectivity index (χ1) is 16.9. The number of hydrazone groups is 1. The Labute approximate surface area is 204 Å². The number of anilines is 1. The Hall–Kier alpha value is -4.19. The number of sulfonamides is 1. The maximum atomic E-state index is 13.3. The number of carboxylic acid groups (broad SMARTS) is 1. The van der Waals surface area contributed by atoms with Crippen molar-refractivity contribution in [2.24, 2.45) is 5.10 Å². The van der Waals surface area contributed by atoms with Gasteiger partial charge in [0.15, 0.2) is 0 Å². The van der Waals surface area contributed by atoms with Crippen LogP contribution in [0.5, 0.6) is 0 Å². The molecule has 0 atom stereocenters. The van der Waals surface area contributed by atoms with Gasteiger partial charge in [0.2, 0.25) is 0 Å². The first-order valence-electron chi connectivity index (χ1n) is 10.3. The molecule has 0 aliphatic carbocycles. The van der Waals surface area contributed by atoms with E-state index in [1.54, 1.807) is 13.0 Å². The van der Waals surface area contributed by atoms with Crippen LogP contribution in [0.1, 0.15) is 27.0 Å². The molecule has 3 rings (SSSR count). The molecule has 0 radical (unpaired) electrons. The monoisotopic (exact) mass is 519 g/mol. The second kappa shape index (κ2) is 10.6. The average Bonchev–Trinajstić information content (AvgIpc) is 2.82. The summed E-state index contributed by atoms with van der Waals surface area (Å²) < 4.78 is 67.0. The summed E-state index contributed by atoms with van der Waals surface area (Å²) in [6, 6.07) is 15.0. The van der Waals surface area contributed by atoms with E-state index in [0.717, 1.165) is 30.0 Å². The molecule has 188 valence electrons. The van der Waals surface area contributed by atoms with Gasteiger partial charge >= 0.3 is 12.1 Å². The number of nitrogens with one attached hydrogen (secondary N) is 1. The zero-order chi connectivity index (χ0) is 26.5. The van der Waals surface area contributed by atoms with E-state index in [4.69, 9.17) is 0 Å². The number of carboxylic acids is 1. The van der Waals surface area contributed by atoms with Gasteiger partial charge in [0.05, 0.1) is 27.9 Å². The molecule has 1 amide bonds. The van der Waals surface area contributed by atoms with Crippen molar-refractivity contribution in [1.29, 1.82) is 0 Å². The topological polar surface area (TPSA) is 116 Å². The summed E-state index contributed by atoms with van der Waals surface area (Å²) in [6.45, 7) is 0.838. The Kier molecular flexibility index (Phi) is 7.78. The van der Waals surface area contributed by atoms with E-state index in [1.165, 1.54) is 42.5 Å². The lowest BCUT2D eigenvalue weighted by Gasteiger charge is -2.24. The number of hydrogen-bond acceptors (Lipinski definition) is 5. The summed E-state index contributed by atoms with van der Waals surface area (Å²) in [5.41, 5.74) is 1.47. The van der Waals surface area contributed by atoms with E-state index in [1.807, 2.05) is 0 Å². The van der Waals surface area contributed by atoms with Gasteiger partial charge in [-0.25, -0.2) is 18.6 Å². The van der Waals surface area contributed by atoms with E-state index in [-0.39, 0.29) is 21.7 Å². The Morgan fingerprint density at radius 2 is 1.69 bits per heavy atom. The molecule has 0 aromatic heterocycles. The minimum atomic E-state index is -4.74. The number of amides is 1. The number of alkyl halides is 3. The van der Waals surface area contributed by atoms with Gasteiger partial charge in [-0.2, -0.15) is 18.3 Å². The standard InChI is InChI=1S/C24H20F3N3O5S/c1-16-9-11-20(12-10-16)36(34,35)30(19-7-4-6-18(13-19)24(25,26)27)15-22(31)29-28-14-17-5-2-3-8-21(17)23(32)33/h2-14H,15H2,1H3,(H,29,31)(H,32,33)/b28-14-. The van der Waals surface area contributed by atoms with Crippen molar-refractivity contribution in [3.63, 3.8) is 0 Å². The number of nitrogens with zero attached hydrogens (tertiary/aromatic N) is 2. The quantitative estimate of drug-likeness (QED) is 0.344. The molecule has 8 nitrogen and oxygen atoms in total. The van der Waals surface area contributed by atoms with Crippen LogP contribution >= 0.6 is 0 Å². The van der Waals surface area contributed by atoms with E-state index < -0.39 is 40.2 Å². The van der Waals surface area contributed by atoms with Gasteiger partial charge in [0, 0.05) is 5.56 Å². The number of hydrogen-bond donors (Lipinski definition) is 2. The summed E-state index contributed by atoms with van der Waals surface area (Å²) in [6.07, 6.45) is -3.68. The molecule has 0 bridgehead atoms. The fraction of sp³-hybridized carbons (Fsp3) is 0.125. The summed E-state index contributed by atoms with van der Waals surface area (Å²) in [5.74, 6) is -2.18. The Bertz CT molecular complexity index is 1400. The van der Waals surface area contributed by atoms with Crippen LogP contribution in [0, 0.1) is 6.92 Å². The van der Waals surface area contributed by atoms with Crippen LogP contribution in [-0.4, -0.2) is 38.2 Å². The predicted octanol–water partition coefficient (Wildman–Crippen LogP) is 4.06. The molecule has 0 aliphatic rings. The van der Waals surface area contributed by atoms with E-state index in [2.05, 4.69) is 10.5 Å². The van der Waals surface area contributed by atoms with Crippen molar-refractivity contribution >= 4 is 33.8 Å².